The lowest BCUT2D eigenvalue weighted by molar-refractivity contribution is -0.126. The molecule has 2 aromatic rings. The minimum Gasteiger partial charge on any atom is -0.494 e. The molecule has 1 N–H and O–H groups in total. The molecular formula is C24H29N3O3. The van der Waals surface area contributed by atoms with Crippen LogP contribution in [0.2, 0.25) is 0 Å². The van der Waals surface area contributed by atoms with Gasteiger partial charge in [0.1, 0.15) is 5.75 Å². The average molecular weight is 408 g/mol. The zero-order valence-corrected chi connectivity index (χ0v) is 17.9. The molecular weight excluding hydrogens is 378 g/mol. The van der Waals surface area contributed by atoms with Crippen LogP contribution in [0.5, 0.6) is 5.75 Å². The minimum atomic E-state index is -0.411. The van der Waals surface area contributed by atoms with Gasteiger partial charge in [0.25, 0.3) is 0 Å². The predicted molar refractivity (Wildman–Crippen MR) is 119 cm³/mol. The number of carbonyl (C=O) groups is 2. The van der Waals surface area contributed by atoms with Gasteiger partial charge in [-0.15, -0.1) is 0 Å². The van der Waals surface area contributed by atoms with E-state index in [1.54, 1.807) is 11.1 Å². The highest BCUT2D eigenvalue weighted by atomic mass is 16.5. The van der Waals surface area contributed by atoms with E-state index in [0.717, 1.165) is 35.4 Å². The molecule has 0 bridgehead atoms. The highest BCUT2D eigenvalue weighted by Crippen LogP contribution is 2.26. The van der Waals surface area contributed by atoms with Crippen LogP contribution in [0.1, 0.15) is 42.9 Å². The fraction of sp³-hybridized carbons (Fsp3) is 0.375. The van der Waals surface area contributed by atoms with E-state index < -0.39 is 5.92 Å². The van der Waals surface area contributed by atoms with Gasteiger partial charge in [-0.25, -0.2) is 5.43 Å². The first-order valence-electron chi connectivity index (χ1n) is 10.4. The van der Waals surface area contributed by atoms with Crippen molar-refractivity contribution in [3.63, 3.8) is 0 Å². The molecule has 0 aliphatic carbocycles. The molecule has 2 aromatic carbocycles. The van der Waals surface area contributed by atoms with Crippen molar-refractivity contribution in [3.05, 3.63) is 59.2 Å². The lowest BCUT2D eigenvalue weighted by atomic mass is 10.1. The van der Waals surface area contributed by atoms with Crippen LogP contribution in [0.15, 0.2) is 47.6 Å². The van der Waals surface area contributed by atoms with Crippen molar-refractivity contribution >= 4 is 23.7 Å². The van der Waals surface area contributed by atoms with Crippen LogP contribution in [0, 0.1) is 19.8 Å². The summed E-state index contributed by atoms with van der Waals surface area (Å²) in [6, 6.07) is 13.5. The number of hydrogen-bond donors (Lipinski definition) is 1. The highest BCUT2D eigenvalue weighted by molar-refractivity contribution is 6.00. The number of amides is 2. The summed E-state index contributed by atoms with van der Waals surface area (Å²) in [7, 11) is 0. The topological polar surface area (TPSA) is 71.0 Å². The van der Waals surface area contributed by atoms with Gasteiger partial charge in [-0.05, 0) is 73.4 Å². The predicted octanol–water partition coefficient (Wildman–Crippen LogP) is 3.99. The molecule has 0 spiro atoms. The van der Waals surface area contributed by atoms with Crippen molar-refractivity contribution < 1.29 is 14.3 Å². The maximum Gasteiger partial charge on any atom is 0.245 e. The highest BCUT2D eigenvalue weighted by Gasteiger charge is 2.35. The Morgan fingerprint density at radius 1 is 1.20 bits per heavy atom. The fourth-order valence-corrected chi connectivity index (χ4v) is 3.27. The zero-order chi connectivity index (χ0) is 21.5. The number of hydrogen-bond acceptors (Lipinski definition) is 4. The molecule has 0 aromatic heterocycles. The molecule has 1 atom stereocenters. The molecule has 1 saturated heterocycles. The smallest absolute Gasteiger partial charge is 0.245 e. The third-order valence-corrected chi connectivity index (χ3v) is 5.33. The van der Waals surface area contributed by atoms with Crippen LogP contribution in [0.3, 0.4) is 0 Å². The van der Waals surface area contributed by atoms with Gasteiger partial charge in [-0.3, -0.25) is 9.59 Å². The van der Waals surface area contributed by atoms with E-state index in [0.29, 0.717) is 13.2 Å². The molecule has 1 aliphatic rings. The van der Waals surface area contributed by atoms with E-state index in [-0.39, 0.29) is 18.2 Å². The first-order chi connectivity index (χ1) is 14.5. The zero-order valence-electron chi connectivity index (χ0n) is 17.9. The third kappa shape index (κ3) is 5.47. The molecule has 2 amide bonds. The summed E-state index contributed by atoms with van der Waals surface area (Å²) in [5.41, 5.74) is 6.56. The van der Waals surface area contributed by atoms with Gasteiger partial charge in [0.05, 0.1) is 18.7 Å². The Balaban J connectivity index is 1.52. The Labute approximate surface area is 177 Å². The summed E-state index contributed by atoms with van der Waals surface area (Å²) < 4.78 is 5.63. The Morgan fingerprint density at radius 3 is 2.67 bits per heavy atom. The van der Waals surface area contributed by atoms with E-state index >= 15 is 0 Å². The number of rotatable bonds is 8. The average Bonchev–Trinajstić information content (AvgIpc) is 3.13. The van der Waals surface area contributed by atoms with Crippen LogP contribution < -0.4 is 15.1 Å². The number of nitrogens with zero attached hydrogens (tertiary/aromatic N) is 2. The van der Waals surface area contributed by atoms with Gasteiger partial charge in [-0.2, -0.15) is 5.10 Å². The largest absolute Gasteiger partial charge is 0.494 e. The SMILES string of the molecule is CCCCOc1ccc(/C=N\NC(=O)[C@H]2CC(=O)N(c3ccc(C)c(C)c3)C2)cc1. The van der Waals surface area contributed by atoms with Gasteiger partial charge < -0.3 is 9.64 Å². The summed E-state index contributed by atoms with van der Waals surface area (Å²) in [6.45, 7) is 7.25. The van der Waals surface area contributed by atoms with Crippen molar-refractivity contribution in [2.24, 2.45) is 11.0 Å². The van der Waals surface area contributed by atoms with Crippen LogP contribution in [-0.4, -0.2) is 31.2 Å². The van der Waals surface area contributed by atoms with E-state index in [1.807, 2.05) is 56.3 Å². The second-order valence-electron chi connectivity index (χ2n) is 7.68. The molecule has 3 rings (SSSR count). The van der Waals surface area contributed by atoms with Gasteiger partial charge >= 0.3 is 0 Å². The van der Waals surface area contributed by atoms with Crippen LogP contribution in [0.4, 0.5) is 5.69 Å². The number of ether oxygens (including phenoxy) is 1. The molecule has 1 heterocycles. The van der Waals surface area contributed by atoms with Crippen molar-refractivity contribution in [2.45, 2.75) is 40.0 Å². The lowest BCUT2D eigenvalue weighted by Crippen LogP contribution is -2.30. The number of carbonyl (C=O) groups excluding carboxylic acids is 2. The summed E-state index contributed by atoms with van der Waals surface area (Å²) in [6.07, 6.45) is 3.91. The summed E-state index contributed by atoms with van der Waals surface area (Å²) in [5.74, 6) is 0.123. The van der Waals surface area contributed by atoms with Crippen molar-refractivity contribution in [1.29, 1.82) is 0 Å². The van der Waals surface area contributed by atoms with Crippen LogP contribution in [-0.2, 0) is 9.59 Å². The number of aryl methyl sites for hydroxylation is 2. The van der Waals surface area contributed by atoms with E-state index in [2.05, 4.69) is 17.5 Å². The maximum absolute atomic E-state index is 12.5. The molecule has 1 fully saturated rings. The Hall–Kier alpha value is -3.15. The monoisotopic (exact) mass is 407 g/mol. The number of benzene rings is 2. The molecule has 0 saturated carbocycles. The molecule has 30 heavy (non-hydrogen) atoms. The normalized spacial score (nSPS) is 16.3. The van der Waals surface area contributed by atoms with Gasteiger partial charge in [-0.1, -0.05) is 19.4 Å². The number of unbranched alkanes of at least 4 members (excludes halogenated alkanes) is 1. The summed E-state index contributed by atoms with van der Waals surface area (Å²) >= 11 is 0. The van der Waals surface area contributed by atoms with Crippen LogP contribution >= 0.6 is 0 Å². The number of nitrogens with one attached hydrogen (secondary N) is 1. The quantitative estimate of drug-likeness (QED) is 0.409. The molecule has 1 aliphatic heterocycles. The molecule has 6 heteroatoms. The Morgan fingerprint density at radius 2 is 1.97 bits per heavy atom. The minimum absolute atomic E-state index is 0.0407. The van der Waals surface area contributed by atoms with E-state index in [1.165, 1.54) is 5.56 Å². The van der Waals surface area contributed by atoms with Gasteiger partial charge in [0.15, 0.2) is 0 Å². The number of hydrazone groups is 1. The second kappa shape index (κ2) is 10.1. The van der Waals surface area contributed by atoms with E-state index in [4.69, 9.17) is 4.74 Å². The molecule has 6 nitrogen and oxygen atoms in total. The number of anilines is 1. The summed E-state index contributed by atoms with van der Waals surface area (Å²) in [4.78, 5) is 26.5. The van der Waals surface area contributed by atoms with Crippen molar-refractivity contribution in [3.8, 4) is 5.75 Å². The lowest BCUT2D eigenvalue weighted by Gasteiger charge is -2.17. The second-order valence-corrected chi connectivity index (χ2v) is 7.68. The third-order valence-electron chi connectivity index (χ3n) is 5.33. The molecule has 0 radical (unpaired) electrons. The van der Waals surface area contributed by atoms with Crippen LogP contribution in [0.25, 0.3) is 0 Å². The van der Waals surface area contributed by atoms with Gasteiger partial charge in [0.2, 0.25) is 11.8 Å². The first kappa shape index (κ1) is 21.6. The van der Waals surface area contributed by atoms with Crippen molar-refractivity contribution in [2.75, 3.05) is 18.1 Å². The first-order valence-corrected chi connectivity index (χ1v) is 10.4. The fourth-order valence-electron chi connectivity index (χ4n) is 3.27. The van der Waals surface area contributed by atoms with Gasteiger partial charge in [0, 0.05) is 18.7 Å². The Kier molecular flexibility index (Phi) is 7.22. The van der Waals surface area contributed by atoms with E-state index in [9.17, 15) is 9.59 Å². The summed E-state index contributed by atoms with van der Waals surface area (Å²) in [5, 5.41) is 4.04. The van der Waals surface area contributed by atoms with Crippen molar-refractivity contribution in [1.82, 2.24) is 5.43 Å². The standard InChI is InChI=1S/C24H29N3O3/c1-4-5-12-30-22-10-7-19(8-11-22)15-25-26-24(29)20-14-23(28)27(16-20)21-9-6-17(2)18(3)13-21/h6-11,13,15,20H,4-5,12,14,16H2,1-3H3,(H,26,29)/b25-15-/t20-/m0/s1. The maximum atomic E-state index is 12.5. The molecule has 158 valence electrons. The Bertz CT molecular complexity index is 922. The molecule has 0 unspecified atom stereocenters.